The highest BCUT2D eigenvalue weighted by Crippen LogP contribution is 1.90. The summed E-state index contributed by atoms with van der Waals surface area (Å²) in [4.78, 5) is 0. The highest BCUT2D eigenvalue weighted by molar-refractivity contribution is 4.59. The Balaban J connectivity index is 3.02. The predicted molar refractivity (Wildman–Crippen MR) is 61.3 cm³/mol. The van der Waals surface area contributed by atoms with Crippen LogP contribution in [0.4, 0.5) is 0 Å². The van der Waals surface area contributed by atoms with Crippen LogP contribution in [-0.4, -0.2) is 53.2 Å². The summed E-state index contributed by atoms with van der Waals surface area (Å²) in [6.45, 7) is 6.19. The highest BCUT2D eigenvalue weighted by atomic mass is 16.5. The maximum atomic E-state index is 5.42. The Morgan fingerprint density at radius 3 is 2.40 bits per heavy atom. The zero-order valence-electron chi connectivity index (χ0n) is 10.3. The molecule has 0 fully saturated rings. The minimum atomic E-state index is 0.493. The van der Waals surface area contributed by atoms with Crippen molar-refractivity contribution in [1.82, 2.24) is 5.32 Å². The second-order valence-electron chi connectivity index (χ2n) is 3.60. The van der Waals surface area contributed by atoms with Gasteiger partial charge in [-0.3, -0.25) is 0 Å². The molecule has 0 saturated heterocycles. The number of hydrogen-bond donors (Lipinski definition) is 1. The fourth-order valence-electron chi connectivity index (χ4n) is 1.18. The molecule has 0 aliphatic rings. The first-order valence-corrected chi connectivity index (χ1v) is 5.60. The molecule has 1 unspecified atom stereocenters. The number of rotatable bonds is 11. The van der Waals surface area contributed by atoms with Gasteiger partial charge in [-0.2, -0.15) is 0 Å². The molecule has 0 aromatic heterocycles. The summed E-state index contributed by atoms with van der Waals surface area (Å²) in [5.74, 6) is 0. The van der Waals surface area contributed by atoms with Crippen molar-refractivity contribution in [3.8, 4) is 0 Å². The lowest BCUT2D eigenvalue weighted by atomic mass is 10.2. The van der Waals surface area contributed by atoms with Gasteiger partial charge >= 0.3 is 0 Å². The Morgan fingerprint density at radius 2 is 1.73 bits per heavy atom. The van der Waals surface area contributed by atoms with E-state index in [1.807, 2.05) is 0 Å². The fraction of sp³-hybridized carbons (Fsp3) is 1.00. The van der Waals surface area contributed by atoms with Crippen LogP contribution in [0.1, 0.15) is 19.8 Å². The molecule has 1 N–H and O–H groups in total. The number of hydrogen-bond acceptors (Lipinski definition) is 4. The van der Waals surface area contributed by atoms with Crippen molar-refractivity contribution in [1.29, 1.82) is 0 Å². The van der Waals surface area contributed by atoms with Crippen molar-refractivity contribution in [3.05, 3.63) is 0 Å². The van der Waals surface area contributed by atoms with Crippen LogP contribution in [0.2, 0.25) is 0 Å². The van der Waals surface area contributed by atoms with E-state index in [9.17, 15) is 0 Å². The Bertz CT molecular complexity index is 122. The number of ether oxygens (including phenoxy) is 3. The van der Waals surface area contributed by atoms with Gasteiger partial charge in [0.05, 0.1) is 6.61 Å². The molecule has 0 aliphatic carbocycles. The first-order valence-electron chi connectivity index (χ1n) is 5.60. The highest BCUT2D eigenvalue weighted by Gasteiger charge is 1.99. The number of nitrogens with one attached hydrogen (secondary N) is 1. The van der Waals surface area contributed by atoms with Gasteiger partial charge in [-0.1, -0.05) is 0 Å². The molecule has 0 spiro atoms. The normalized spacial score (nSPS) is 13.0. The predicted octanol–water partition coefficient (Wildman–Crippen LogP) is 1.05. The topological polar surface area (TPSA) is 39.7 Å². The van der Waals surface area contributed by atoms with Gasteiger partial charge in [0, 0.05) is 46.6 Å². The molecule has 0 aromatic carbocycles. The van der Waals surface area contributed by atoms with Crippen molar-refractivity contribution in [2.24, 2.45) is 0 Å². The van der Waals surface area contributed by atoms with E-state index in [0.29, 0.717) is 6.04 Å². The van der Waals surface area contributed by atoms with Crippen LogP contribution in [0, 0.1) is 0 Å². The zero-order chi connectivity index (χ0) is 11.4. The Hall–Kier alpha value is -0.160. The van der Waals surface area contributed by atoms with E-state index in [2.05, 4.69) is 12.2 Å². The lowest BCUT2D eigenvalue weighted by Crippen LogP contribution is -2.30. The summed E-state index contributed by atoms with van der Waals surface area (Å²) in [7, 11) is 3.44. The molecule has 0 rings (SSSR count). The zero-order valence-corrected chi connectivity index (χ0v) is 10.3. The van der Waals surface area contributed by atoms with Crippen LogP contribution < -0.4 is 5.32 Å². The molecule has 4 nitrogen and oxygen atoms in total. The Morgan fingerprint density at radius 1 is 1.00 bits per heavy atom. The molecule has 4 heteroatoms. The number of methoxy groups -OCH3 is 2. The maximum Gasteiger partial charge on any atom is 0.0591 e. The summed E-state index contributed by atoms with van der Waals surface area (Å²) >= 11 is 0. The van der Waals surface area contributed by atoms with Crippen LogP contribution in [-0.2, 0) is 14.2 Å². The molecule has 0 aliphatic heterocycles. The van der Waals surface area contributed by atoms with Gasteiger partial charge < -0.3 is 19.5 Å². The summed E-state index contributed by atoms with van der Waals surface area (Å²) in [6.07, 6.45) is 2.01. The van der Waals surface area contributed by atoms with Crippen molar-refractivity contribution >= 4 is 0 Å². The SMILES string of the molecule is COCCCOCCNC(C)CCOC. The van der Waals surface area contributed by atoms with Crippen LogP contribution in [0.15, 0.2) is 0 Å². The van der Waals surface area contributed by atoms with E-state index in [4.69, 9.17) is 14.2 Å². The molecule has 0 heterocycles. The Kier molecular flexibility index (Phi) is 11.8. The summed E-state index contributed by atoms with van der Waals surface area (Å²) in [6, 6.07) is 0.493. The first kappa shape index (κ1) is 14.8. The molecule has 1 atom stereocenters. The van der Waals surface area contributed by atoms with Gasteiger partial charge in [0.25, 0.3) is 0 Å². The lowest BCUT2D eigenvalue weighted by molar-refractivity contribution is 0.102. The molecule has 0 radical (unpaired) electrons. The van der Waals surface area contributed by atoms with Gasteiger partial charge in [0.15, 0.2) is 0 Å². The van der Waals surface area contributed by atoms with E-state index in [-0.39, 0.29) is 0 Å². The molecule has 15 heavy (non-hydrogen) atoms. The Labute approximate surface area is 93.3 Å². The van der Waals surface area contributed by atoms with E-state index < -0.39 is 0 Å². The average Bonchev–Trinajstić information content (AvgIpc) is 2.25. The van der Waals surface area contributed by atoms with Crippen LogP contribution in [0.3, 0.4) is 0 Å². The van der Waals surface area contributed by atoms with Gasteiger partial charge in [0.1, 0.15) is 0 Å². The van der Waals surface area contributed by atoms with Crippen molar-refractivity contribution in [2.45, 2.75) is 25.8 Å². The van der Waals surface area contributed by atoms with Crippen molar-refractivity contribution in [3.63, 3.8) is 0 Å². The minimum absolute atomic E-state index is 0.493. The molecule has 0 amide bonds. The second-order valence-corrected chi connectivity index (χ2v) is 3.60. The summed E-state index contributed by atoms with van der Waals surface area (Å²) < 4.78 is 15.3. The van der Waals surface area contributed by atoms with Gasteiger partial charge in [-0.15, -0.1) is 0 Å². The van der Waals surface area contributed by atoms with Crippen LogP contribution in [0.5, 0.6) is 0 Å². The quantitative estimate of drug-likeness (QED) is 0.527. The smallest absolute Gasteiger partial charge is 0.0591 e. The molecule has 0 bridgehead atoms. The molecular weight excluding hydrogens is 194 g/mol. The third-order valence-corrected chi connectivity index (χ3v) is 2.13. The van der Waals surface area contributed by atoms with Crippen LogP contribution in [0.25, 0.3) is 0 Å². The van der Waals surface area contributed by atoms with Crippen molar-refractivity contribution < 1.29 is 14.2 Å². The minimum Gasteiger partial charge on any atom is -0.385 e. The summed E-state index contributed by atoms with van der Waals surface area (Å²) in [5, 5.41) is 3.37. The van der Waals surface area contributed by atoms with E-state index in [0.717, 1.165) is 45.8 Å². The third-order valence-electron chi connectivity index (χ3n) is 2.13. The van der Waals surface area contributed by atoms with Crippen molar-refractivity contribution in [2.75, 3.05) is 47.2 Å². The van der Waals surface area contributed by atoms with E-state index in [1.54, 1.807) is 14.2 Å². The largest absolute Gasteiger partial charge is 0.385 e. The molecule has 92 valence electrons. The molecular formula is C11H25NO3. The summed E-state index contributed by atoms with van der Waals surface area (Å²) in [5.41, 5.74) is 0. The molecule has 0 saturated carbocycles. The average molecular weight is 219 g/mol. The van der Waals surface area contributed by atoms with Gasteiger partial charge in [-0.25, -0.2) is 0 Å². The van der Waals surface area contributed by atoms with Crippen LogP contribution >= 0.6 is 0 Å². The molecule has 0 aromatic rings. The second kappa shape index (κ2) is 11.9. The third kappa shape index (κ3) is 11.8. The maximum absolute atomic E-state index is 5.42. The lowest BCUT2D eigenvalue weighted by Gasteiger charge is -2.13. The fourth-order valence-corrected chi connectivity index (χ4v) is 1.18. The van der Waals surface area contributed by atoms with E-state index >= 15 is 0 Å². The monoisotopic (exact) mass is 219 g/mol. The standard InChI is InChI=1S/C11H25NO3/c1-11(5-9-14-3)12-6-10-15-8-4-7-13-2/h11-12H,4-10H2,1-3H3. The van der Waals surface area contributed by atoms with E-state index in [1.165, 1.54) is 0 Å². The van der Waals surface area contributed by atoms with Gasteiger partial charge in [0.2, 0.25) is 0 Å². The van der Waals surface area contributed by atoms with Gasteiger partial charge in [-0.05, 0) is 19.8 Å². The first-order chi connectivity index (χ1) is 7.31.